The number of hydrogen-bond acceptors (Lipinski definition) is 6. The summed E-state index contributed by atoms with van der Waals surface area (Å²) in [6.07, 6.45) is 0. The first-order chi connectivity index (χ1) is 14.2. The van der Waals surface area contributed by atoms with E-state index in [0.29, 0.717) is 19.0 Å². The van der Waals surface area contributed by atoms with Crippen molar-refractivity contribution in [2.24, 2.45) is 12.0 Å². The highest BCUT2D eigenvalue weighted by atomic mass is 127. The SMILES string of the molecule is CCNC(=NCc1c(C)nn(C)c1C)NCCNS(=O)(=O)c1cccc([N+](=O)[O-])c1.I. The third-order valence-electron chi connectivity index (χ3n) is 4.45. The molecule has 1 aromatic heterocycles. The predicted molar refractivity (Wildman–Crippen MR) is 129 cm³/mol. The van der Waals surface area contributed by atoms with Crippen LogP contribution in [0.15, 0.2) is 34.2 Å². The molecule has 172 valence electrons. The second-order valence-electron chi connectivity index (χ2n) is 6.55. The lowest BCUT2D eigenvalue weighted by atomic mass is 10.2. The molecule has 0 spiro atoms. The molecule has 0 aliphatic carbocycles. The van der Waals surface area contributed by atoms with Crippen molar-refractivity contribution in [1.82, 2.24) is 25.1 Å². The van der Waals surface area contributed by atoms with Gasteiger partial charge in [-0.2, -0.15) is 5.10 Å². The number of hydrogen-bond donors (Lipinski definition) is 3. The molecule has 0 saturated heterocycles. The Morgan fingerprint density at radius 1 is 1.26 bits per heavy atom. The zero-order valence-corrected chi connectivity index (χ0v) is 21.0. The quantitative estimate of drug-likeness (QED) is 0.105. The summed E-state index contributed by atoms with van der Waals surface area (Å²) in [6, 6.07) is 4.92. The highest BCUT2D eigenvalue weighted by molar-refractivity contribution is 14.0. The van der Waals surface area contributed by atoms with Gasteiger partial charge in [-0.25, -0.2) is 18.1 Å². The molecule has 13 heteroatoms. The number of aliphatic imine (C=N–C) groups is 1. The van der Waals surface area contributed by atoms with Gasteiger partial charge in [-0.1, -0.05) is 6.07 Å². The van der Waals surface area contributed by atoms with Gasteiger partial charge in [-0.15, -0.1) is 24.0 Å². The third-order valence-corrected chi connectivity index (χ3v) is 5.91. The maximum absolute atomic E-state index is 12.3. The lowest BCUT2D eigenvalue weighted by Crippen LogP contribution is -2.41. The summed E-state index contributed by atoms with van der Waals surface area (Å²) < 4.78 is 28.9. The lowest BCUT2D eigenvalue weighted by molar-refractivity contribution is -0.385. The average Bonchev–Trinajstić information content (AvgIpc) is 2.94. The first kappa shape index (κ1) is 26.8. The van der Waals surface area contributed by atoms with E-state index in [1.54, 1.807) is 0 Å². The number of aromatic nitrogens is 2. The number of nitrogens with zero attached hydrogens (tertiary/aromatic N) is 4. The maximum Gasteiger partial charge on any atom is 0.270 e. The van der Waals surface area contributed by atoms with Gasteiger partial charge in [0.1, 0.15) is 0 Å². The Balaban J connectivity index is 0.00000480. The van der Waals surface area contributed by atoms with Crippen LogP contribution >= 0.6 is 24.0 Å². The molecule has 0 aliphatic heterocycles. The zero-order valence-electron chi connectivity index (χ0n) is 17.9. The van der Waals surface area contributed by atoms with Crippen LogP contribution in [0.2, 0.25) is 0 Å². The van der Waals surface area contributed by atoms with E-state index in [0.717, 1.165) is 23.0 Å². The third kappa shape index (κ3) is 7.43. The Morgan fingerprint density at radius 3 is 2.55 bits per heavy atom. The van der Waals surface area contributed by atoms with E-state index in [-0.39, 0.29) is 47.6 Å². The van der Waals surface area contributed by atoms with Crippen LogP contribution in [0.5, 0.6) is 0 Å². The molecule has 0 fully saturated rings. The first-order valence-electron chi connectivity index (χ1n) is 9.41. The first-order valence-corrected chi connectivity index (χ1v) is 10.9. The predicted octanol–water partition coefficient (Wildman–Crippen LogP) is 1.60. The van der Waals surface area contributed by atoms with Gasteiger partial charge in [-0.3, -0.25) is 14.8 Å². The smallest absolute Gasteiger partial charge is 0.270 e. The van der Waals surface area contributed by atoms with Gasteiger partial charge >= 0.3 is 0 Å². The summed E-state index contributed by atoms with van der Waals surface area (Å²) >= 11 is 0. The number of guanidine groups is 1. The van der Waals surface area contributed by atoms with Gasteiger partial charge in [0.25, 0.3) is 5.69 Å². The van der Waals surface area contributed by atoms with Gasteiger partial charge in [0, 0.05) is 50.1 Å². The van der Waals surface area contributed by atoms with Crippen molar-refractivity contribution in [3.8, 4) is 0 Å². The van der Waals surface area contributed by atoms with Crippen LogP contribution in [0, 0.1) is 24.0 Å². The Labute approximate surface area is 198 Å². The summed E-state index contributed by atoms with van der Waals surface area (Å²) in [5.74, 6) is 0.551. The van der Waals surface area contributed by atoms with Crippen molar-refractivity contribution < 1.29 is 13.3 Å². The van der Waals surface area contributed by atoms with Crippen LogP contribution in [0.25, 0.3) is 0 Å². The van der Waals surface area contributed by atoms with E-state index >= 15 is 0 Å². The van der Waals surface area contributed by atoms with E-state index < -0.39 is 14.9 Å². The van der Waals surface area contributed by atoms with Crippen molar-refractivity contribution in [3.63, 3.8) is 0 Å². The van der Waals surface area contributed by atoms with Crippen LogP contribution in [-0.2, 0) is 23.6 Å². The molecule has 0 atom stereocenters. The van der Waals surface area contributed by atoms with E-state index in [1.165, 1.54) is 18.2 Å². The number of halogens is 1. The summed E-state index contributed by atoms with van der Waals surface area (Å²) in [6.45, 7) is 7.31. The normalized spacial score (nSPS) is 11.7. The molecule has 0 amide bonds. The van der Waals surface area contributed by atoms with E-state index in [1.807, 2.05) is 32.5 Å². The number of nitrogens with one attached hydrogen (secondary N) is 3. The molecule has 0 bridgehead atoms. The minimum absolute atomic E-state index is 0. The van der Waals surface area contributed by atoms with Gasteiger partial charge in [0.2, 0.25) is 10.0 Å². The Hall–Kier alpha value is -2.26. The largest absolute Gasteiger partial charge is 0.357 e. The topological polar surface area (TPSA) is 144 Å². The molecule has 1 heterocycles. The standard InChI is InChI=1S/C18H27N7O4S.HI/c1-5-19-18(21-12-17-13(2)23-24(4)14(17)3)20-9-10-22-30(28,29)16-8-6-7-15(11-16)25(26)27;/h6-8,11,22H,5,9-10,12H2,1-4H3,(H2,19,20,21);1H. The van der Waals surface area contributed by atoms with Crippen LogP contribution in [0.3, 0.4) is 0 Å². The molecule has 31 heavy (non-hydrogen) atoms. The van der Waals surface area contributed by atoms with Gasteiger partial charge in [0.15, 0.2) is 5.96 Å². The van der Waals surface area contributed by atoms with Crippen molar-refractivity contribution in [3.05, 3.63) is 51.3 Å². The van der Waals surface area contributed by atoms with E-state index in [9.17, 15) is 18.5 Å². The number of aryl methyl sites for hydroxylation is 2. The Bertz CT molecular complexity index is 1040. The summed E-state index contributed by atoms with van der Waals surface area (Å²) in [5, 5.41) is 21.4. The number of nitro benzene ring substituents is 1. The zero-order chi connectivity index (χ0) is 22.3. The van der Waals surface area contributed by atoms with E-state index in [4.69, 9.17) is 0 Å². The molecule has 0 aliphatic rings. The van der Waals surface area contributed by atoms with Gasteiger partial charge in [0.05, 0.1) is 22.1 Å². The number of non-ortho nitro benzene ring substituents is 1. The molecule has 2 aromatic rings. The number of sulfonamides is 1. The molecule has 3 N–H and O–H groups in total. The molecule has 0 unspecified atom stereocenters. The van der Waals surface area contributed by atoms with Crippen LogP contribution in [0.4, 0.5) is 5.69 Å². The second kappa shape index (κ2) is 12.0. The maximum atomic E-state index is 12.3. The minimum Gasteiger partial charge on any atom is -0.357 e. The highest BCUT2D eigenvalue weighted by Gasteiger charge is 2.17. The van der Waals surface area contributed by atoms with Crippen molar-refractivity contribution in [2.75, 3.05) is 19.6 Å². The molecular weight excluding hydrogens is 537 g/mol. The van der Waals surface area contributed by atoms with Crippen molar-refractivity contribution in [1.29, 1.82) is 0 Å². The second-order valence-corrected chi connectivity index (χ2v) is 8.31. The molecule has 1 aromatic carbocycles. The van der Waals surface area contributed by atoms with Crippen LogP contribution < -0.4 is 15.4 Å². The van der Waals surface area contributed by atoms with Crippen molar-refractivity contribution in [2.45, 2.75) is 32.2 Å². The van der Waals surface area contributed by atoms with Crippen LogP contribution in [0.1, 0.15) is 23.9 Å². The number of benzene rings is 1. The monoisotopic (exact) mass is 565 g/mol. The van der Waals surface area contributed by atoms with Gasteiger partial charge in [-0.05, 0) is 26.8 Å². The molecule has 2 rings (SSSR count). The summed E-state index contributed by atoms with van der Waals surface area (Å²) in [5.41, 5.74) is 2.72. The van der Waals surface area contributed by atoms with Gasteiger partial charge < -0.3 is 10.6 Å². The molecule has 11 nitrogen and oxygen atoms in total. The van der Waals surface area contributed by atoms with Crippen molar-refractivity contribution >= 4 is 45.6 Å². The lowest BCUT2D eigenvalue weighted by Gasteiger charge is -2.12. The minimum atomic E-state index is -3.86. The highest BCUT2D eigenvalue weighted by Crippen LogP contribution is 2.17. The fourth-order valence-electron chi connectivity index (χ4n) is 2.76. The van der Waals surface area contributed by atoms with E-state index in [2.05, 4.69) is 25.4 Å². The van der Waals surface area contributed by atoms with Crippen LogP contribution in [-0.4, -0.2) is 48.7 Å². The fraction of sp³-hybridized carbons (Fsp3) is 0.444. The Morgan fingerprint density at radius 2 is 1.97 bits per heavy atom. The molecular formula is C18H28IN7O4S. The molecule has 0 radical (unpaired) electrons. The Kier molecular flexibility index (Phi) is 10.3. The molecule has 0 saturated carbocycles. The summed E-state index contributed by atoms with van der Waals surface area (Å²) in [7, 11) is -1.97. The average molecular weight is 565 g/mol. The summed E-state index contributed by atoms with van der Waals surface area (Å²) in [4.78, 5) is 14.6. The number of rotatable bonds is 9. The fourth-order valence-corrected chi connectivity index (χ4v) is 3.83. The number of nitro groups is 1.